The first-order valence-electron chi connectivity index (χ1n) is 4.96. The quantitative estimate of drug-likeness (QED) is 0.791. The highest BCUT2D eigenvalue weighted by molar-refractivity contribution is 6.17. The number of alkyl halides is 1. The number of nitrogens with zero attached hydrogens (tertiary/aromatic N) is 1. The Hall–Kier alpha value is -1.28. The van der Waals surface area contributed by atoms with Gasteiger partial charge < -0.3 is 4.98 Å². The maximum atomic E-state index is 5.66. The van der Waals surface area contributed by atoms with Crippen molar-refractivity contribution in [1.29, 1.82) is 0 Å². The fraction of sp³-hybridized carbons (Fsp3) is 0.250. The number of rotatable bonds is 3. The molecule has 0 aliphatic carbocycles. The van der Waals surface area contributed by atoms with Crippen LogP contribution in [0.15, 0.2) is 30.5 Å². The van der Waals surface area contributed by atoms with Gasteiger partial charge in [0.15, 0.2) is 0 Å². The van der Waals surface area contributed by atoms with Gasteiger partial charge in [0.2, 0.25) is 0 Å². The van der Waals surface area contributed by atoms with Gasteiger partial charge in [-0.05, 0) is 18.6 Å². The lowest BCUT2D eigenvalue weighted by Crippen LogP contribution is -1.88. The highest BCUT2D eigenvalue weighted by Gasteiger charge is 2.02. The number of hydrogen-bond donors (Lipinski definition) is 1. The monoisotopic (exact) mass is 220 g/mol. The van der Waals surface area contributed by atoms with Gasteiger partial charge in [-0.25, -0.2) is 4.98 Å². The summed E-state index contributed by atoms with van der Waals surface area (Å²) in [6.45, 7) is 2.08. The maximum absolute atomic E-state index is 5.66. The number of H-pyrrole nitrogens is 1. The molecule has 1 heterocycles. The molecule has 2 rings (SSSR count). The smallest absolute Gasteiger partial charge is 0.107 e. The Labute approximate surface area is 94.3 Å². The van der Waals surface area contributed by atoms with Gasteiger partial charge in [0.1, 0.15) is 5.82 Å². The summed E-state index contributed by atoms with van der Waals surface area (Å²) in [4.78, 5) is 7.53. The molecule has 0 bridgehead atoms. The van der Waals surface area contributed by atoms with E-state index in [1.807, 2.05) is 12.3 Å². The molecule has 0 amide bonds. The Morgan fingerprint density at radius 2 is 2.27 bits per heavy atom. The molecule has 1 N–H and O–H groups in total. The molecular formula is C12H13ClN2. The van der Waals surface area contributed by atoms with E-state index in [4.69, 9.17) is 11.6 Å². The molecule has 0 radical (unpaired) electrons. The van der Waals surface area contributed by atoms with Crippen LogP contribution in [0, 0.1) is 6.92 Å². The zero-order valence-electron chi connectivity index (χ0n) is 8.63. The molecule has 0 spiro atoms. The largest absolute Gasteiger partial charge is 0.342 e. The maximum Gasteiger partial charge on any atom is 0.107 e. The number of halogens is 1. The molecule has 0 fully saturated rings. The van der Waals surface area contributed by atoms with Crippen molar-refractivity contribution in [2.75, 3.05) is 5.88 Å². The second-order valence-corrected chi connectivity index (χ2v) is 3.93. The summed E-state index contributed by atoms with van der Waals surface area (Å²) in [7, 11) is 0. The Morgan fingerprint density at radius 1 is 1.40 bits per heavy atom. The Kier molecular flexibility index (Phi) is 3.07. The second-order valence-electron chi connectivity index (χ2n) is 3.55. The molecule has 0 atom stereocenters. The van der Waals surface area contributed by atoms with E-state index in [-0.39, 0.29) is 0 Å². The van der Waals surface area contributed by atoms with E-state index in [1.54, 1.807) is 0 Å². The first kappa shape index (κ1) is 10.2. The van der Waals surface area contributed by atoms with Gasteiger partial charge in [-0.15, -0.1) is 11.6 Å². The van der Waals surface area contributed by atoms with E-state index >= 15 is 0 Å². The Bertz CT molecular complexity index is 448. The van der Waals surface area contributed by atoms with Gasteiger partial charge in [-0.1, -0.05) is 23.8 Å². The van der Waals surface area contributed by atoms with E-state index < -0.39 is 0 Å². The molecule has 3 heteroatoms. The molecule has 2 aromatic rings. The van der Waals surface area contributed by atoms with Crippen LogP contribution in [-0.4, -0.2) is 15.8 Å². The van der Waals surface area contributed by atoms with E-state index in [1.165, 1.54) is 11.1 Å². The second kappa shape index (κ2) is 4.49. The van der Waals surface area contributed by atoms with Gasteiger partial charge in [-0.3, -0.25) is 0 Å². The van der Waals surface area contributed by atoms with Crippen LogP contribution in [0.1, 0.15) is 11.4 Å². The summed E-state index contributed by atoms with van der Waals surface area (Å²) in [6.07, 6.45) is 2.64. The van der Waals surface area contributed by atoms with Crippen LogP contribution in [0.25, 0.3) is 11.3 Å². The van der Waals surface area contributed by atoms with Gasteiger partial charge in [-0.2, -0.15) is 0 Å². The number of nitrogens with one attached hydrogen (secondary N) is 1. The molecule has 1 aromatic heterocycles. The van der Waals surface area contributed by atoms with Crippen molar-refractivity contribution in [2.24, 2.45) is 0 Å². The zero-order chi connectivity index (χ0) is 10.7. The number of hydrogen-bond acceptors (Lipinski definition) is 1. The summed E-state index contributed by atoms with van der Waals surface area (Å²) in [5.74, 6) is 1.54. The average Bonchev–Trinajstić information content (AvgIpc) is 2.67. The van der Waals surface area contributed by atoms with E-state index in [2.05, 4.69) is 35.1 Å². The van der Waals surface area contributed by atoms with Crippen molar-refractivity contribution in [3.8, 4) is 11.3 Å². The molecule has 0 saturated carbocycles. The van der Waals surface area contributed by atoms with Crippen LogP contribution in [0.4, 0.5) is 0 Å². The van der Waals surface area contributed by atoms with Crippen LogP contribution in [0.5, 0.6) is 0 Å². The summed E-state index contributed by atoms with van der Waals surface area (Å²) in [5, 5.41) is 0. The third-order valence-electron chi connectivity index (χ3n) is 2.29. The van der Waals surface area contributed by atoms with Gasteiger partial charge in [0, 0.05) is 12.3 Å². The molecule has 0 saturated heterocycles. The number of aromatic amines is 1. The fourth-order valence-electron chi connectivity index (χ4n) is 1.54. The average molecular weight is 221 g/mol. The summed E-state index contributed by atoms with van der Waals surface area (Å²) in [6, 6.07) is 8.34. The standard InChI is InChI=1S/C12H13ClN2/c1-9-3-2-4-10(7-9)11-8-14-12(15-11)5-6-13/h2-4,7-8H,5-6H2,1H3,(H,14,15). The molecule has 0 aliphatic heterocycles. The fourth-order valence-corrected chi connectivity index (χ4v) is 1.72. The lowest BCUT2D eigenvalue weighted by molar-refractivity contribution is 0.997. The molecule has 0 aliphatic rings. The van der Waals surface area contributed by atoms with Crippen LogP contribution >= 0.6 is 11.6 Å². The molecule has 78 valence electrons. The lowest BCUT2D eigenvalue weighted by Gasteiger charge is -1.98. The number of aryl methyl sites for hydroxylation is 2. The highest BCUT2D eigenvalue weighted by atomic mass is 35.5. The van der Waals surface area contributed by atoms with Crippen LogP contribution in [-0.2, 0) is 6.42 Å². The minimum Gasteiger partial charge on any atom is -0.342 e. The minimum atomic E-state index is 0.598. The summed E-state index contributed by atoms with van der Waals surface area (Å²) >= 11 is 5.66. The van der Waals surface area contributed by atoms with E-state index in [0.717, 1.165) is 17.9 Å². The van der Waals surface area contributed by atoms with Crippen molar-refractivity contribution in [3.05, 3.63) is 41.9 Å². The topological polar surface area (TPSA) is 28.7 Å². The summed E-state index contributed by atoms with van der Waals surface area (Å²) in [5.41, 5.74) is 3.48. The molecular weight excluding hydrogens is 208 g/mol. The first-order chi connectivity index (χ1) is 7.29. The summed E-state index contributed by atoms with van der Waals surface area (Å²) < 4.78 is 0. The third-order valence-corrected chi connectivity index (χ3v) is 2.48. The lowest BCUT2D eigenvalue weighted by atomic mass is 10.1. The molecule has 0 unspecified atom stereocenters. The number of benzene rings is 1. The third kappa shape index (κ3) is 2.39. The van der Waals surface area contributed by atoms with E-state index in [9.17, 15) is 0 Å². The zero-order valence-corrected chi connectivity index (χ0v) is 9.38. The predicted octanol–water partition coefficient (Wildman–Crippen LogP) is 3.17. The number of aromatic nitrogens is 2. The van der Waals surface area contributed by atoms with Crippen molar-refractivity contribution >= 4 is 11.6 Å². The molecule has 15 heavy (non-hydrogen) atoms. The van der Waals surface area contributed by atoms with Crippen molar-refractivity contribution in [1.82, 2.24) is 9.97 Å². The van der Waals surface area contributed by atoms with Crippen molar-refractivity contribution in [3.63, 3.8) is 0 Å². The highest BCUT2D eigenvalue weighted by Crippen LogP contribution is 2.18. The predicted molar refractivity (Wildman–Crippen MR) is 63.2 cm³/mol. The van der Waals surface area contributed by atoms with Crippen molar-refractivity contribution in [2.45, 2.75) is 13.3 Å². The van der Waals surface area contributed by atoms with Crippen molar-refractivity contribution < 1.29 is 0 Å². The van der Waals surface area contributed by atoms with Crippen LogP contribution < -0.4 is 0 Å². The SMILES string of the molecule is Cc1cccc(-c2cnc(CCCl)[nH]2)c1. The van der Waals surface area contributed by atoms with Gasteiger partial charge in [0.05, 0.1) is 11.9 Å². The molecule has 2 nitrogen and oxygen atoms in total. The van der Waals surface area contributed by atoms with Gasteiger partial charge in [0.25, 0.3) is 0 Å². The Morgan fingerprint density at radius 3 is 3.00 bits per heavy atom. The van der Waals surface area contributed by atoms with Crippen LogP contribution in [0.2, 0.25) is 0 Å². The van der Waals surface area contributed by atoms with Gasteiger partial charge >= 0.3 is 0 Å². The number of imidazole rings is 1. The first-order valence-corrected chi connectivity index (χ1v) is 5.50. The van der Waals surface area contributed by atoms with Crippen LogP contribution in [0.3, 0.4) is 0 Å². The normalized spacial score (nSPS) is 10.5. The Balaban J connectivity index is 2.29. The molecule has 1 aromatic carbocycles. The minimum absolute atomic E-state index is 0.598. The van der Waals surface area contributed by atoms with E-state index in [0.29, 0.717) is 5.88 Å².